The van der Waals surface area contributed by atoms with Crippen LogP contribution in [0.15, 0.2) is 42.5 Å². The molecule has 0 bridgehead atoms. The van der Waals surface area contributed by atoms with Gasteiger partial charge in [0.15, 0.2) is 5.78 Å². The van der Waals surface area contributed by atoms with Crippen LogP contribution in [-0.4, -0.2) is 50.0 Å². The Hall–Kier alpha value is -2.58. The minimum atomic E-state index is -3.37. The second-order valence-electron chi connectivity index (χ2n) is 7.77. The van der Waals surface area contributed by atoms with Gasteiger partial charge in [-0.05, 0) is 42.5 Å². The molecule has 0 radical (unpaired) electrons. The van der Waals surface area contributed by atoms with E-state index in [1.165, 1.54) is 0 Å². The van der Waals surface area contributed by atoms with E-state index in [4.69, 9.17) is 16.3 Å². The number of sulfonamides is 1. The quantitative estimate of drug-likeness (QED) is 0.777. The minimum Gasteiger partial charge on any atom is -0.486 e. The van der Waals surface area contributed by atoms with E-state index in [1.807, 2.05) is 0 Å². The second kappa shape index (κ2) is 7.59. The van der Waals surface area contributed by atoms with Gasteiger partial charge in [0.1, 0.15) is 11.4 Å². The van der Waals surface area contributed by atoms with Crippen molar-refractivity contribution in [3.8, 4) is 5.75 Å². The predicted octanol–water partition coefficient (Wildman–Crippen LogP) is 3.35. The number of hydrogen-bond acceptors (Lipinski definition) is 5. The van der Waals surface area contributed by atoms with E-state index in [0.717, 1.165) is 6.26 Å². The molecular weight excluding hydrogens is 428 g/mol. The van der Waals surface area contributed by atoms with E-state index in [9.17, 15) is 18.0 Å². The van der Waals surface area contributed by atoms with Crippen molar-refractivity contribution in [3.05, 3.63) is 58.6 Å². The maximum absolute atomic E-state index is 12.8. The molecule has 0 unspecified atom stereocenters. The van der Waals surface area contributed by atoms with Gasteiger partial charge in [0, 0.05) is 42.2 Å². The molecule has 9 heteroatoms. The Balaban J connectivity index is 1.43. The molecule has 4 rings (SSSR count). The summed E-state index contributed by atoms with van der Waals surface area (Å²) >= 11 is 5.99. The summed E-state index contributed by atoms with van der Waals surface area (Å²) in [6.07, 6.45) is 2.45. The number of rotatable bonds is 3. The van der Waals surface area contributed by atoms with Crippen LogP contribution in [-0.2, 0) is 10.0 Å². The van der Waals surface area contributed by atoms with Gasteiger partial charge in [0.25, 0.3) is 5.91 Å². The first-order valence-corrected chi connectivity index (χ1v) is 11.8. The van der Waals surface area contributed by atoms with E-state index in [-0.39, 0.29) is 18.1 Å². The third-order valence-corrected chi connectivity index (χ3v) is 6.29. The monoisotopic (exact) mass is 448 g/mol. The van der Waals surface area contributed by atoms with Gasteiger partial charge in [-0.25, -0.2) is 8.42 Å². The molecular formula is C21H21ClN2O5S. The number of carbonyl (C=O) groups excluding carboxylic acids is 2. The number of nitrogens with one attached hydrogen (secondary N) is 1. The number of amides is 1. The lowest BCUT2D eigenvalue weighted by molar-refractivity contribution is -0.00570. The lowest BCUT2D eigenvalue weighted by Crippen LogP contribution is -2.52. The van der Waals surface area contributed by atoms with Crippen molar-refractivity contribution in [1.82, 2.24) is 4.90 Å². The van der Waals surface area contributed by atoms with Crippen LogP contribution >= 0.6 is 11.6 Å². The van der Waals surface area contributed by atoms with Crippen LogP contribution in [0.5, 0.6) is 5.75 Å². The zero-order chi connectivity index (χ0) is 21.5. The summed E-state index contributed by atoms with van der Waals surface area (Å²) in [5.41, 5.74) is 0.789. The summed E-state index contributed by atoms with van der Waals surface area (Å²) in [6, 6.07) is 11.4. The number of carbonyl (C=O) groups is 2. The Bertz CT molecular complexity index is 1110. The third-order valence-electron chi connectivity index (χ3n) is 5.45. The highest BCUT2D eigenvalue weighted by molar-refractivity contribution is 7.92. The van der Waals surface area contributed by atoms with Crippen LogP contribution in [0.3, 0.4) is 0 Å². The summed E-state index contributed by atoms with van der Waals surface area (Å²) in [7, 11) is -3.37. The average molecular weight is 449 g/mol. The zero-order valence-corrected chi connectivity index (χ0v) is 17.9. The molecule has 158 valence electrons. The van der Waals surface area contributed by atoms with E-state index in [0.29, 0.717) is 53.5 Å². The fourth-order valence-electron chi connectivity index (χ4n) is 3.94. The Labute approximate surface area is 180 Å². The first-order chi connectivity index (χ1) is 14.1. The van der Waals surface area contributed by atoms with Crippen LogP contribution < -0.4 is 9.46 Å². The number of Topliss-reactive ketones (excluding diaryl/α,β-unsaturated/α-hetero) is 1. The lowest BCUT2D eigenvalue weighted by atomic mass is 9.82. The number of hydrogen-bond donors (Lipinski definition) is 1. The smallest absolute Gasteiger partial charge is 0.253 e. The van der Waals surface area contributed by atoms with Gasteiger partial charge in [-0.1, -0.05) is 11.6 Å². The highest BCUT2D eigenvalue weighted by Gasteiger charge is 2.43. The van der Waals surface area contributed by atoms with Crippen LogP contribution in [0, 0.1) is 0 Å². The van der Waals surface area contributed by atoms with Crippen LogP contribution in [0.25, 0.3) is 0 Å². The molecule has 1 saturated heterocycles. The largest absolute Gasteiger partial charge is 0.486 e. The van der Waals surface area contributed by atoms with Crippen molar-refractivity contribution in [3.63, 3.8) is 0 Å². The molecule has 2 heterocycles. The molecule has 1 amide bonds. The van der Waals surface area contributed by atoms with Crippen molar-refractivity contribution >= 4 is 39.0 Å². The molecule has 1 spiro atoms. The molecule has 0 saturated carbocycles. The van der Waals surface area contributed by atoms with Gasteiger partial charge >= 0.3 is 0 Å². The number of nitrogens with zero attached hydrogens (tertiary/aromatic N) is 1. The number of likely N-dealkylation sites (tertiary alicyclic amines) is 1. The normalized spacial score (nSPS) is 17.9. The maximum atomic E-state index is 12.8. The highest BCUT2D eigenvalue weighted by atomic mass is 35.5. The van der Waals surface area contributed by atoms with Crippen molar-refractivity contribution < 1.29 is 22.7 Å². The molecule has 2 aromatic rings. The van der Waals surface area contributed by atoms with Crippen molar-refractivity contribution in [2.45, 2.75) is 24.9 Å². The van der Waals surface area contributed by atoms with Gasteiger partial charge in [0.05, 0.1) is 18.2 Å². The first kappa shape index (κ1) is 20.7. The molecule has 2 aromatic carbocycles. The number of benzene rings is 2. The first-order valence-electron chi connectivity index (χ1n) is 9.53. The van der Waals surface area contributed by atoms with Crippen LogP contribution in [0.4, 0.5) is 5.69 Å². The molecule has 0 aliphatic carbocycles. The van der Waals surface area contributed by atoms with Crippen molar-refractivity contribution in [1.29, 1.82) is 0 Å². The molecule has 0 aromatic heterocycles. The maximum Gasteiger partial charge on any atom is 0.253 e. The number of piperidine rings is 1. The van der Waals surface area contributed by atoms with Gasteiger partial charge in [0.2, 0.25) is 10.0 Å². The zero-order valence-electron chi connectivity index (χ0n) is 16.4. The fourth-order valence-corrected chi connectivity index (χ4v) is 4.68. The fraction of sp³-hybridized carbons (Fsp3) is 0.333. The topological polar surface area (TPSA) is 92.8 Å². The lowest BCUT2D eigenvalue weighted by Gasteiger charge is -2.44. The van der Waals surface area contributed by atoms with E-state index in [2.05, 4.69) is 4.72 Å². The summed E-state index contributed by atoms with van der Waals surface area (Å²) in [4.78, 5) is 27.2. The van der Waals surface area contributed by atoms with Crippen LogP contribution in [0.2, 0.25) is 5.02 Å². The molecule has 7 nitrogen and oxygen atoms in total. The van der Waals surface area contributed by atoms with Crippen molar-refractivity contribution in [2.75, 3.05) is 24.1 Å². The van der Waals surface area contributed by atoms with Gasteiger partial charge in [-0.2, -0.15) is 0 Å². The molecule has 2 aliphatic rings. The molecule has 30 heavy (non-hydrogen) atoms. The Morgan fingerprint density at radius 1 is 1.13 bits per heavy atom. The highest BCUT2D eigenvalue weighted by Crippen LogP contribution is 2.40. The summed E-state index contributed by atoms with van der Waals surface area (Å²) in [5, 5.41) is 0.500. The Kier molecular flexibility index (Phi) is 5.23. The standard InChI is InChI=1S/C21H21ClN2O5S/c1-30(27,28)23-16-5-2-14(3-6-16)20(26)24-10-8-21(9-11-24)13-18(25)17-12-15(22)4-7-19(17)29-21/h2-7,12,23H,8-11,13H2,1H3. The van der Waals surface area contributed by atoms with E-state index < -0.39 is 15.6 Å². The third kappa shape index (κ3) is 4.29. The van der Waals surface area contributed by atoms with Gasteiger partial charge in [-0.3, -0.25) is 14.3 Å². The number of halogens is 1. The SMILES string of the molecule is CS(=O)(=O)Nc1ccc(C(=O)N2CCC3(CC2)CC(=O)c2cc(Cl)ccc2O3)cc1. The Morgan fingerprint density at radius 2 is 1.80 bits per heavy atom. The number of anilines is 1. The molecule has 0 atom stereocenters. The minimum absolute atomic E-state index is 0.00694. The summed E-state index contributed by atoms with van der Waals surface area (Å²) < 4.78 is 31.2. The second-order valence-corrected chi connectivity index (χ2v) is 9.95. The molecule has 1 N–H and O–H groups in total. The van der Waals surface area contributed by atoms with Crippen LogP contribution in [0.1, 0.15) is 40.0 Å². The number of ether oxygens (including phenoxy) is 1. The van der Waals surface area contributed by atoms with Gasteiger partial charge < -0.3 is 9.64 Å². The number of fused-ring (bicyclic) bond motifs is 1. The predicted molar refractivity (Wildman–Crippen MR) is 114 cm³/mol. The van der Waals surface area contributed by atoms with E-state index >= 15 is 0 Å². The summed E-state index contributed by atoms with van der Waals surface area (Å²) in [5.74, 6) is 0.418. The average Bonchev–Trinajstić information content (AvgIpc) is 2.68. The van der Waals surface area contributed by atoms with Crippen molar-refractivity contribution in [2.24, 2.45) is 0 Å². The number of ketones is 1. The molecule has 1 fully saturated rings. The Morgan fingerprint density at radius 3 is 2.43 bits per heavy atom. The molecule has 2 aliphatic heterocycles. The summed E-state index contributed by atoms with van der Waals surface area (Å²) in [6.45, 7) is 0.941. The van der Waals surface area contributed by atoms with E-state index in [1.54, 1.807) is 47.4 Å². The van der Waals surface area contributed by atoms with Gasteiger partial charge in [-0.15, -0.1) is 0 Å².